The topological polar surface area (TPSA) is 43.4 Å². The number of benzene rings is 2. The Morgan fingerprint density at radius 2 is 1.72 bits per heavy atom. The van der Waals surface area contributed by atoms with Crippen molar-refractivity contribution in [1.82, 2.24) is 0 Å². The molecule has 1 atom stereocenters. The first kappa shape index (κ1) is 18.7. The summed E-state index contributed by atoms with van der Waals surface area (Å²) in [5, 5.41) is 0. The van der Waals surface area contributed by atoms with Gasteiger partial charge in [0.15, 0.2) is 0 Å². The predicted molar refractivity (Wildman–Crippen MR) is 100 cm³/mol. The van der Waals surface area contributed by atoms with Crippen molar-refractivity contribution in [2.24, 2.45) is 5.92 Å². The van der Waals surface area contributed by atoms with Crippen LogP contribution in [-0.4, -0.2) is 18.4 Å². The Morgan fingerprint density at radius 3 is 2.36 bits per heavy atom. The van der Waals surface area contributed by atoms with Crippen LogP contribution in [0.2, 0.25) is 0 Å². The fraction of sp³-hybridized carbons (Fsp3) is 0.273. The second-order valence-corrected chi connectivity index (χ2v) is 6.21. The molecule has 2 rings (SSSR count). The van der Waals surface area contributed by atoms with Crippen molar-refractivity contribution in [3.8, 4) is 0 Å². The molecule has 0 aliphatic rings. The largest absolute Gasteiger partial charge is 0.460 e. The molecule has 2 aromatic carbocycles. The molecule has 0 radical (unpaired) electrons. The van der Waals surface area contributed by atoms with Gasteiger partial charge in [-0.05, 0) is 36.3 Å². The van der Waals surface area contributed by atoms with Crippen LogP contribution < -0.4 is 0 Å². The van der Waals surface area contributed by atoms with Crippen LogP contribution >= 0.6 is 0 Å². The average Bonchev–Trinajstić information content (AvgIpc) is 2.66. The van der Waals surface area contributed by atoms with Gasteiger partial charge < -0.3 is 4.74 Å². The smallest absolute Gasteiger partial charge is 0.379 e. The average molecular weight is 336 g/mol. The number of carbonyl (C=O) groups excluding carboxylic acids is 2. The van der Waals surface area contributed by atoms with E-state index >= 15 is 0 Å². The maximum atomic E-state index is 12.0. The predicted octanol–water partition coefficient (Wildman–Crippen LogP) is 4.71. The first-order chi connectivity index (χ1) is 12.1. The van der Waals surface area contributed by atoms with Gasteiger partial charge in [-0.15, -0.1) is 0 Å². The Balaban J connectivity index is 1.71. The van der Waals surface area contributed by atoms with Crippen molar-refractivity contribution in [2.75, 3.05) is 6.61 Å². The number of hydrogen-bond donors (Lipinski definition) is 0. The van der Waals surface area contributed by atoms with Crippen molar-refractivity contribution < 1.29 is 14.3 Å². The molecule has 0 saturated heterocycles. The molecule has 0 saturated carbocycles. The monoisotopic (exact) mass is 336 g/mol. The highest BCUT2D eigenvalue weighted by Gasteiger charge is 2.18. The number of ketones is 1. The SMILES string of the molecule is C=Cc1ccc(C(=O)C(=O)OCCC(C)CCc2ccccc2)cc1. The summed E-state index contributed by atoms with van der Waals surface area (Å²) in [7, 11) is 0. The van der Waals surface area contributed by atoms with E-state index in [0.717, 1.165) is 24.8 Å². The number of aryl methyl sites for hydroxylation is 1. The van der Waals surface area contributed by atoms with Crippen LogP contribution in [0.25, 0.3) is 6.08 Å². The van der Waals surface area contributed by atoms with Crippen molar-refractivity contribution >= 4 is 17.8 Å². The molecule has 0 N–H and O–H groups in total. The molecule has 0 heterocycles. The van der Waals surface area contributed by atoms with Crippen LogP contribution in [0.4, 0.5) is 0 Å². The van der Waals surface area contributed by atoms with Crippen LogP contribution in [0.15, 0.2) is 61.2 Å². The molecule has 0 spiro atoms. The van der Waals surface area contributed by atoms with Gasteiger partial charge in [0, 0.05) is 5.56 Å². The molecule has 3 nitrogen and oxygen atoms in total. The van der Waals surface area contributed by atoms with Gasteiger partial charge in [0.2, 0.25) is 0 Å². The number of carbonyl (C=O) groups is 2. The zero-order chi connectivity index (χ0) is 18.1. The van der Waals surface area contributed by atoms with E-state index in [1.165, 1.54) is 5.56 Å². The molecular formula is C22H24O3. The third kappa shape index (κ3) is 6.03. The van der Waals surface area contributed by atoms with Gasteiger partial charge >= 0.3 is 5.97 Å². The van der Waals surface area contributed by atoms with Crippen molar-refractivity contribution in [3.63, 3.8) is 0 Å². The van der Waals surface area contributed by atoms with E-state index in [2.05, 4.69) is 25.6 Å². The summed E-state index contributed by atoms with van der Waals surface area (Å²) in [6, 6.07) is 17.0. The lowest BCUT2D eigenvalue weighted by atomic mass is 9.99. The van der Waals surface area contributed by atoms with Gasteiger partial charge in [-0.25, -0.2) is 4.79 Å². The summed E-state index contributed by atoms with van der Waals surface area (Å²) in [4.78, 5) is 23.9. The van der Waals surface area contributed by atoms with Gasteiger partial charge in [0.1, 0.15) is 0 Å². The van der Waals surface area contributed by atoms with Crippen LogP contribution in [0, 0.1) is 5.92 Å². The van der Waals surface area contributed by atoms with E-state index in [1.807, 2.05) is 18.2 Å². The lowest BCUT2D eigenvalue weighted by Gasteiger charge is -2.11. The Labute approximate surface area is 149 Å². The van der Waals surface area contributed by atoms with E-state index < -0.39 is 11.8 Å². The zero-order valence-corrected chi connectivity index (χ0v) is 14.6. The summed E-state index contributed by atoms with van der Waals surface area (Å²) in [5.41, 5.74) is 2.55. The maximum absolute atomic E-state index is 12.0. The molecule has 130 valence electrons. The summed E-state index contributed by atoms with van der Waals surface area (Å²) in [6.07, 6.45) is 4.47. The Kier molecular flexibility index (Phi) is 7.15. The molecule has 3 heteroatoms. The molecule has 0 amide bonds. The van der Waals surface area contributed by atoms with E-state index in [0.29, 0.717) is 11.5 Å². The first-order valence-corrected chi connectivity index (χ1v) is 8.58. The van der Waals surface area contributed by atoms with E-state index in [9.17, 15) is 9.59 Å². The zero-order valence-electron chi connectivity index (χ0n) is 14.6. The van der Waals surface area contributed by atoms with Gasteiger partial charge in [-0.2, -0.15) is 0 Å². The lowest BCUT2D eigenvalue weighted by Crippen LogP contribution is -2.19. The van der Waals surface area contributed by atoms with E-state index in [1.54, 1.807) is 30.3 Å². The number of Topliss-reactive ketones (excluding diaryl/α,β-unsaturated/α-hetero) is 1. The lowest BCUT2D eigenvalue weighted by molar-refractivity contribution is -0.138. The molecule has 2 aromatic rings. The molecule has 0 aliphatic carbocycles. The van der Waals surface area contributed by atoms with Crippen LogP contribution in [0.1, 0.15) is 41.3 Å². The fourth-order valence-electron chi connectivity index (χ4n) is 2.51. The standard InChI is InChI=1S/C22H24O3/c1-3-18-11-13-20(14-12-18)21(23)22(24)25-16-15-17(2)9-10-19-7-5-4-6-8-19/h3-8,11-14,17H,1,9-10,15-16H2,2H3. The van der Waals surface area contributed by atoms with Crippen molar-refractivity contribution in [2.45, 2.75) is 26.2 Å². The Bertz CT molecular complexity index is 702. The van der Waals surface area contributed by atoms with Gasteiger partial charge in [-0.3, -0.25) is 4.79 Å². The number of ether oxygens (including phenoxy) is 1. The van der Waals surface area contributed by atoms with E-state index in [-0.39, 0.29) is 6.61 Å². The molecule has 1 unspecified atom stereocenters. The second kappa shape index (κ2) is 9.58. The number of esters is 1. The van der Waals surface area contributed by atoms with Gasteiger partial charge in [-0.1, -0.05) is 74.2 Å². The van der Waals surface area contributed by atoms with Gasteiger partial charge in [0.25, 0.3) is 5.78 Å². The Hall–Kier alpha value is -2.68. The highest BCUT2D eigenvalue weighted by atomic mass is 16.5. The van der Waals surface area contributed by atoms with Crippen LogP contribution in [0.3, 0.4) is 0 Å². The minimum atomic E-state index is -0.790. The first-order valence-electron chi connectivity index (χ1n) is 8.58. The highest BCUT2D eigenvalue weighted by molar-refractivity contribution is 6.40. The van der Waals surface area contributed by atoms with Crippen LogP contribution in [0.5, 0.6) is 0 Å². The van der Waals surface area contributed by atoms with Crippen molar-refractivity contribution in [1.29, 1.82) is 0 Å². The molecule has 25 heavy (non-hydrogen) atoms. The van der Waals surface area contributed by atoms with Crippen LogP contribution in [-0.2, 0) is 16.0 Å². The maximum Gasteiger partial charge on any atom is 0.379 e. The van der Waals surface area contributed by atoms with E-state index in [4.69, 9.17) is 4.74 Å². The third-order valence-corrected chi connectivity index (χ3v) is 4.21. The molecule has 0 fully saturated rings. The summed E-state index contributed by atoms with van der Waals surface area (Å²) in [5.74, 6) is -0.968. The second-order valence-electron chi connectivity index (χ2n) is 6.21. The minimum absolute atomic E-state index is 0.269. The number of rotatable bonds is 9. The number of hydrogen-bond acceptors (Lipinski definition) is 3. The summed E-state index contributed by atoms with van der Waals surface area (Å²) >= 11 is 0. The molecule has 0 bridgehead atoms. The highest BCUT2D eigenvalue weighted by Crippen LogP contribution is 2.13. The minimum Gasteiger partial charge on any atom is -0.460 e. The molecule has 0 aromatic heterocycles. The quantitative estimate of drug-likeness (QED) is 0.378. The third-order valence-electron chi connectivity index (χ3n) is 4.21. The summed E-state index contributed by atoms with van der Waals surface area (Å²) < 4.78 is 5.13. The van der Waals surface area contributed by atoms with Gasteiger partial charge in [0.05, 0.1) is 6.61 Å². The normalized spacial score (nSPS) is 11.6. The fourth-order valence-corrected chi connectivity index (χ4v) is 2.51. The van der Waals surface area contributed by atoms with Crippen molar-refractivity contribution in [3.05, 3.63) is 77.9 Å². The Morgan fingerprint density at radius 1 is 1.04 bits per heavy atom. The molecular weight excluding hydrogens is 312 g/mol. The molecule has 0 aliphatic heterocycles. The summed E-state index contributed by atoms with van der Waals surface area (Å²) in [6.45, 7) is 6.06.